The van der Waals surface area contributed by atoms with E-state index in [1.54, 1.807) is 0 Å². The zero-order valence-electron chi connectivity index (χ0n) is 17.4. The molecule has 31 heavy (non-hydrogen) atoms. The summed E-state index contributed by atoms with van der Waals surface area (Å²) in [7, 11) is 0. The number of nitrogens with one attached hydrogen (secondary N) is 1. The van der Waals surface area contributed by atoms with Crippen LogP contribution in [-0.2, 0) is 4.79 Å². The van der Waals surface area contributed by atoms with Crippen molar-refractivity contribution in [1.82, 2.24) is 4.90 Å². The summed E-state index contributed by atoms with van der Waals surface area (Å²) in [6.07, 6.45) is -0.574. The molecule has 3 aromatic rings. The zero-order chi connectivity index (χ0) is 21.0. The van der Waals surface area contributed by atoms with Gasteiger partial charge in [0.15, 0.2) is 11.5 Å². The van der Waals surface area contributed by atoms with Gasteiger partial charge in [0.2, 0.25) is 6.10 Å². The normalized spacial score (nSPS) is 18.7. The summed E-state index contributed by atoms with van der Waals surface area (Å²) >= 11 is 0. The number of piperazine rings is 1. The standard InChI is InChI=1S/C26H26N2O3/c29-26(24-19-30-22-13-7-8-14-23(22)31-24)28-17-15-27(16-18-28)25(20-9-3-1-4-10-20)21-11-5-2-6-12-21/h1-14,24-25H,15-19H2/p+1/t24-/m1/s1. The number of fused-ring (bicyclic) bond motifs is 1. The number of quaternary nitrogens is 1. The van der Waals surface area contributed by atoms with Crippen molar-refractivity contribution in [3.05, 3.63) is 96.1 Å². The van der Waals surface area contributed by atoms with Gasteiger partial charge >= 0.3 is 0 Å². The van der Waals surface area contributed by atoms with E-state index < -0.39 is 6.10 Å². The first-order chi connectivity index (χ1) is 15.3. The number of hydrogen-bond acceptors (Lipinski definition) is 3. The van der Waals surface area contributed by atoms with Gasteiger partial charge in [0.1, 0.15) is 12.6 Å². The highest BCUT2D eigenvalue weighted by Gasteiger charge is 2.36. The van der Waals surface area contributed by atoms with Crippen molar-refractivity contribution in [3.8, 4) is 11.5 Å². The molecular weight excluding hydrogens is 388 g/mol. The van der Waals surface area contributed by atoms with Crippen LogP contribution in [0.4, 0.5) is 0 Å². The Balaban J connectivity index is 1.27. The Hall–Kier alpha value is -3.31. The smallest absolute Gasteiger partial charge is 0.267 e. The molecule has 158 valence electrons. The van der Waals surface area contributed by atoms with Gasteiger partial charge in [-0.05, 0) is 12.1 Å². The molecular formula is C26H27N2O3+. The summed E-state index contributed by atoms with van der Waals surface area (Å²) in [4.78, 5) is 16.5. The summed E-state index contributed by atoms with van der Waals surface area (Å²) in [6, 6.07) is 29.1. The lowest BCUT2D eigenvalue weighted by atomic mass is 9.96. The van der Waals surface area contributed by atoms with Gasteiger partial charge < -0.3 is 19.3 Å². The maximum Gasteiger partial charge on any atom is 0.267 e. The number of benzene rings is 3. The molecule has 0 saturated carbocycles. The molecule has 0 radical (unpaired) electrons. The first-order valence-corrected chi connectivity index (χ1v) is 10.9. The summed E-state index contributed by atoms with van der Waals surface area (Å²) in [5, 5.41) is 0. The molecule has 5 rings (SSSR count). The van der Waals surface area contributed by atoms with Crippen LogP contribution in [0.5, 0.6) is 11.5 Å². The molecule has 0 unspecified atom stereocenters. The van der Waals surface area contributed by atoms with E-state index in [0.717, 1.165) is 13.1 Å². The first kappa shape index (κ1) is 19.6. The molecule has 0 aromatic heterocycles. The molecule has 0 aliphatic carbocycles. The molecule has 2 aliphatic heterocycles. The van der Waals surface area contributed by atoms with Crippen LogP contribution < -0.4 is 14.4 Å². The highest BCUT2D eigenvalue weighted by Crippen LogP contribution is 2.31. The molecule has 1 fully saturated rings. The van der Waals surface area contributed by atoms with E-state index in [1.807, 2.05) is 29.2 Å². The van der Waals surface area contributed by atoms with Gasteiger partial charge in [-0.3, -0.25) is 4.79 Å². The van der Waals surface area contributed by atoms with Crippen LogP contribution in [0, 0.1) is 0 Å². The number of carbonyl (C=O) groups is 1. The Morgan fingerprint density at radius 2 is 1.35 bits per heavy atom. The number of para-hydroxylation sites is 2. The van der Waals surface area contributed by atoms with Crippen LogP contribution in [0.3, 0.4) is 0 Å². The quantitative estimate of drug-likeness (QED) is 0.711. The lowest BCUT2D eigenvalue weighted by molar-refractivity contribution is -0.929. The van der Waals surface area contributed by atoms with Gasteiger partial charge in [0.05, 0.1) is 26.2 Å². The second kappa shape index (κ2) is 8.82. The first-order valence-electron chi connectivity index (χ1n) is 10.9. The second-order valence-corrected chi connectivity index (χ2v) is 8.10. The predicted molar refractivity (Wildman–Crippen MR) is 118 cm³/mol. The number of amides is 1. The molecule has 1 N–H and O–H groups in total. The maximum absolute atomic E-state index is 13.1. The van der Waals surface area contributed by atoms with Crippen LogP contribution in [0.1, 0.15) is 17.2 Å². The lowest BCUT2D eigenvalue weighted by Gasteiger charge is -2.38. The third-order valence-corrected chi connectivity index (χ3v) is 6.18. The van der Waals surface area contributed by atoms with Crippen molar-refractivity contribution in [1.29, 1.82) is 0 Å². The van der Waals surface area contributed by atoms with Gasteiger partial charge in [-0.15, -0.1) is 0 Å². The van der Waals surface area contributed by atoms with Crippen LogP contribution >= 0.6 is 0 Å². The third-order valence-electron chi connectivity index (χ3n) is 6.18. The van der Waals surface area contributed by atoms with E-state index in [4.69, 9.17) is 9.47 Å². The lowest BCUT2D eigenvalue weighted by Crippen LogP contribution is -3.15. The average Bonchev–Trinajstić information content (AvgIpc) is 2.85. The van der Waals surface area contributed by atoms with Crippen LogP contribution in [0.15, 0.2) is 84.9 Å². The van der Waals surface area contributed by atoms with E-state index in [0.29, 0.717) is 24.6 Å². The average molecular weight is 416 g/mol. The van der Waals surface area contributed by atoms with Gasteiger partial charge in [0, 0.05) is 11.1 Å². The molecule has 0 spiro atoms. The molecule has 5 heteroatoms. The summed E-state index contributed by atoms with van der Waals surface area (Å²) in [6.45, 7) is 3.48. The Morgan fingerprint density at radius 1 is 0.806 bits per heavy atom. The fraction of sp³-hybridized carbons (Fsp3) is 0.269. The number of carbonyl (C=O) groups excluding carboxylic acids is 1. The van der Waals surface area contributed by atoms with Gasteiger partial charge in [-0.2, -0.15) is 0 Å². The monoisotopic (exact) mass is 415 g/mol. The molecule has 0 bridgehead atoms. The van der Waals surface area contributed by atoms with E-state index in [-0.39, 0.29) is 18.6 Å². The minimum absolute atomic E-state index is 0.0181. The van der Waals surface area contributed by atoms with Crippen molar-refractivity contribution in [2.75, 3.05) is 32.8 Å². The van der Waals surface area contributed by atoms with Crippen LogP contribution in [-0.4, -0.2) is 49.7 Å². The van der Waals surface area contributed by atoms with Crippen molar-refractivity contribution >= 4 is 5.91 Å². The highest BCUT2D eigenvalue weighted by atomic mass is 16.6. The fourth-order valence-corrected chi connectivity index (χ4v) is 4.60. The number of ether oxygens (including phenoxy) is 2. The van der Waals surface area contributed by atoms with Gasteiger partial charge in [-0.1, -0.05) is 72.8 Å². The van der Waals surface area contributed by atoms with Crippen molar-refractivity contribution in [3.63, 3.8) is 0 Å². The summed E-state index contributed by atoms with van der Waals surface area (Å²) in [5.41, 5.74) is 2.62. The van der Waals surface area contributed by atoms with Crippen molar-refractivity contribution < 1.29 is 19.2 Å². The molecule has 1 amide bonds. The van der Waals surface area contributed by atoms with Crippen molar-refractivity contribution in [2.24, 2.45) is 0 Å². The largest absolute Gasteiger partial charge is 0.485 e. The fourth-order valence-electron chi connectivity index (χ4n) is 4.60. The Kier molecular flexibility index (Phi) is 5.59. The predicted octanol–water partition coefficient (Wildman–Crippen LogP) is 2.34. The van der Waals surface area contributed by atoms with E-state index >= 15 is 0 Å². The van der Waals surface area contributed by atoms with E-state index in [9.17, 15) is 4.79 Å². The number of nitrogens with zero attached hydrogens (tertiary/aromatic N) is 1. The molecule has 1 saturated heterocycles. The van der Waals surface area contributed by atoms with Crippen LogP contribution in [0.2, 0.25) is 0 Å². The Labute approximate surface area is 182 Å². The summed E-state index contributed by atoms with van der Waals surface area (Å²) < 4.78 is 11.7. The third kappa shape index (κ3) is 4.14. The molecule has 2 heterocycles. The van der Waals surface area contributed by atoms with Gasteiger partial charge in [-0.25, -0.2) is 0 Å². The summed E-state index contributed by atoms with van der Waals surface area (Å²) in [5.74, 6) is 1.36. The highest BCUT2D eigenvalue weighted by molar-refractivity contribution is 5.82. The molecule has 1 atom stereocenters. The molecule has 5 nitrogen and oxygen atoms in total. The van der Waals surface area contributed by atoms with Crippen molar-refractivity contribution in [2.45, 2.75) is 12.1 Å². The number of rotatable bonds is 4. The number of hydrogen-bond donors (Lipinski definition) is 1. The molecule has 2 aliphatic rings. The van der Waals surface area contributed by atoms with E-state index in [1.165, 1.54) is 16.0 Å². The van der Waals surface area contributed by atoms with Crippen LogP contribution in [0.25, 0.3) is 0 Å². The zero-order valence-corrected chi connectivity index (χ0v) is 17.4. The Morgan fingerprint density at radius 3 is 1.97 bits per heavy atom. The second-order valence-electron chi connectivity index (χ2n) is 8.10. The minimum Gasteiger partial charge on any atom is -0.485 e. The maximum atomic E-state index is 13.1. The molecule has 3 aromatic carbocycles. The SMILES string of the molecule is O=C([C@H]1COc2ccccc2O1)N1CC[NH+](C(c2ccccc2)c2ccccc2)CC1. The topological polar surface area (TPSA) is 43.2 Å². The van der Waals surface area contributed by atoms with Gasteiger partial charge in [0.25, 0.3) is 5.91 Å². The van der Waals surface area contributed by atoms with E-state index in [2.05, 4.69) is 60.7 Å². The Bertz CT molecular complexity index is 978. The minimum atomic E-state index is -0.574.